The SMILES string of the molecule is Cc1cc(-c2ccccc2)cc(-c2ccccc2)c1.Cc1ccc(-n2c3ccccc3c3ccccc32)cc1.Cc1ccc2c(c1)C(C)(C)c1ccccc1-2.Cc1ccc2c(c1)c1ccccc1n2-c1ccccc1.Cc1ccc2c3ccccc3c3ccccc3c2c1.Cc1cccc(-n2c3ccccc3c3ccccc32)c1. The van der Waals surface area contributed by atoms with Crippen molar-refractivity contribution in [1.29, 1.82) is 0 Å². The Kier molecular flexibility index (Phi) is 20.4. The van der Waals surface area contributed by atoms with E-state index in [4.69, 9.17) is 0 Å². The van der Waals surface area contributed by atoms with Gasteiger partial charge in [0.25, 0.3) is 0 Å². The lowest BCUT2D eigenvalue weighted by Crippen LogP contribution is -2.14. The van der Waals surface area contributed by atoms with Crippen LogP contribution in [0.15, 0.2) is 406 Å². The monoisotopic (exact) mass is 1470 g/mol. The Morgan fingerprint density at radius 1 is 0.167 bits per heavy atom. The van der Waals surface area contributed by atoms with Crippen LogP contribution in [0, 0.1) is 41.5 Å². The molecule has 0 fully saturated rings. The molecule has 0 atom stereocenters. The van der Waals surface area contributed by atoms with Crippen molar-refractivity contribution in [3.05, 3.63) is 451 Å². The van der Waals surface area contributed by atoms with E-state index in [0.717, 1.165) is 0 Å². The number of rotatable bonds is 5. The van der Waals surface area contributed by atoms with Gasteiger partial charge in [-0.15, -0.1) is 0 Å². The number of benzene rings is 18. The lowest BCUT2D eigenvalue weighted by molar-refractivity contribution is 0.660. The molecule has 0 radical (unpaired) electrons. The van der Waals surface area contributed by atoms with E-state index < -0.39 is 0 Å². The zero-order chi connectivity index (χ0) is 77.8. The molecule has 1 aliphatic rings. The lowest BCUT2D eigenvalue weighted by atomic mass is 9.82. The Morgan fingerprint density at radius 3 is 0.982 bits per heavy atom. The van der Waals surface area contributed by atoms with E-state index in [1.54, 1.807) is 0 Å². The smallest absolute Gasteiger partial charge is 0.0541 e. The van der Waals surface area contributed by atoms with Gasteiger partial charge in [-0.25, -0.2) is 0 Å². The van der Waals surface area contributed by atoms with Crippen LogP contribution in [0.5, 0.6) is 0 Å². The first-order valence-electron chi connectivity index (χ1n) is 39.7. The van der Waals surface area contributed by atoms with Crippen molar-refractivity contribution in [2.75, 3.05) is 0 Å². The Balaban J connectivity index is 0.0000000990. The molecule has 3 aromatic heterocycles. The largest absolute Gasteiger partial charge is 0.309 e. The van der Waals surface area contributed by atoms with E-state index in [1.165, 1.54) is 193 Å². The highest BCUT2D eigenvalue weighted by Gasteiger charge is 2.35. The summed E-state index contributed by atoms with van der Waals surface area (Å²) in [4.78, 5) is 0. The molecule has 0 saturated carbocycles. The second-order valence-electron chi connectivity index (χ2n) is 30.8. The molecule has 0 aliphatic heterocycles. The van der Waals surface area contributed by atoms with Crippen LogP contribution < -0.4 is 0 Å². The molecule has 0 amide bonds. The molecule has 550 valence electrons. The second kappa shape index (κ2) is 31.9. The third-order valence-electron chi connectivity index (χ3n) is 22.5. The van der Waals surface area contributed by atoms with Gasteiger partial charge in [0.2, 0.25) is 0 Å². The van der Waals surface area contributed by atoms with Gasteiger partial charge in [-0.1, -0.05) is 358 Å². The van der Waals surface area contributed by atoms with Crippen molar-refractivity contribution in [2.45, 2.75) is 60.8 Å². The predicted octanol–water partition coefficient (Wildman–Crippen LogP) is 30.4. The van der Waals surface area contributed by atoms with Crippen molar-refractivity contribution >= 4 is 97.7 Å². The zero-order valence-electron chi connectivity index (χ0n) is 66.0. The molecule has 3 nitrogen and oxygen atoms in total. The summed E-state index contributed by atoms with van der Waals surface area (Å²) in [5.41, 5.74) is 30.0. The first kappa shape index (κ1) is 73.0. The summed E-state index contributed by atoms with van der Waals surface area (Å²) < 4.78 is 7.02. The molecule has 0 unspecified atom stereocenters. The minimum atomic E-state index is 0.151. The fraction of sp³-hybridized carbons (Fsp3) is 0.0811. The van der Waals surface area contributed by atoms with Crippen molar-refractivity contribution in [3.63, 3.8) is 0 Å². The van der Waals surface area contributed by atoms with Gasteiger partial charge in [-0.05, 0) is 214 Å². The number of nitrogens with zero attached hydrogens (tertiary/aromatic N) is 3. The Hall–Kier alpha value is -13.9. The molecule has 0 saturated heterocycles. The van der Waals surface area contributed by atoms with Crippen LogP contribution in [-0.4, -0.2) is 13.7 Å². The van der Waals surface area contributed by atoms with E-state index in [2.05, 4.69) is 476 Å². The zero-order valence-corrected chi connectivity index (χ0v) is 66.0. The maximum absolute atomic E-state index is 2.34. The molecule has 114 heavy (non-hydrogen) atoms. The van der Waals surface area contributed by atoms with Crippen molar-refractivity contribution in [1.82, 2.24) is 13.7 Å². The lowest BCUT2D eigenvalue weighted by Gasteiger charge is -2.21. The summed E-state index contributed by atoms with van der Waals surface area (Å²) in [6.07, 6.45) is 0. The van der Waals surface area contributed by atoms with Crippen molar-refractivity contribution in [3.8, 4) is 50.4 Å². The summed E-state index contributed by atoms with van der Waals surface area (Å²) in [5.74, 6) is 0. The standard InChI is InChI=1S/3C19H15N.C19H14.C19H16.C16H16/c1-14-7-6-8-15(13-14)20-18-11-4-2-9-16(18)17-10-3-5-12-19(17)20;1-14-10-12-15(13-11-14)20-18-8-4-2-6-16(18)17-7-3-5-9-19(17)20;1-14-11-12-19-17(13-14)16-9-5-6-10-18(16)20(19)15-7-3-2-4-8-15;1-13-10-11-18-16-8-3-2-6-14(16)15-7-4-5-9-17(15)19(18)12-13;1-15-12-18(16-8-4-2-5-9-16)14-19(13-15)17-10-6-3-7-11-17;1-11-8-9-13-12-6-4-5-7-14(12)16(2,3)15(13)10-11/h3*2-13H,1H3;2-12H,1H3;2-14H,1H3;4-10H,1-3H3. The minimum absolute atomic E-state index is 0.151. The number of aryl methyl sites for hydroxylation is 6. The van der Waals surface area contributed by atoms with E-state index >= 15 is 0 Å². The summed E-state index contributed by atoms with van der Waals surface area (Å²) in [7, 11) is 0. The number of fused-ring (bicyclic) bond motifs is 18. The van der Waals surface area contributed by atoms with E-state index in [9.17, 15) is 0 Å². The van der Waals surface area contributed by atoms with Gasteiger partial charge in [0.05, 0.1) is 33.1 Å². The molecular weight excluding hydrogens is 1380 g/mol. The van der Waals surface area contributed by atoms with Crippen LogP contribution in [0.4, 0.5) is 0 Å². The number of aromatic nitrogens is 3. The maximum Gasteiger partial charge on any atom is 0.0541 e. The van der Waals surface area contributed by atoms with E-state index in [1.807, 2.05) is 0 Å². The molecule has 3 heteroatoms. The molecular formula is C111H91N3. The summed E-state index contributed by atoms with van der Waals surface area (Å²) in [5, 5.41) is 16.0. The van der Waals surface area contributed by atoms with Gasteiger partial charge >= 0.3 is 0 Å². The van der Waals surface area contributed by atoms with Crippen LogP contribution >= 0.6 is 0 Å². The van der Waals surface area contributed by atoms with Gasteiger partial charge in [0.1, 0.15) is 0 Å². The topological polar surface area (TPSA) is 14.8 Å². The third-order valence-corrected chi connectivity index (χ3v) is 22.5. The molecule has 22 rings (SSSR count). The van der Waals surface area contributed by atoms with Gasteiger partial charge in [-0.3, -0.25) is 0 Å². The average Bonchev–Trinajstić information content (AvgIpc) is 1.57. The van der Waals surface area contributed by atoms with Gasteiger partial charge in [0.15, 0.2) is 0 Å². The maximum atomic E-state index is 2.34. The first-order chi connectivity index (χ1) is 55.8. The summed E-state index contributed by atoms with van der Waals surface area (Å²) >= 11 is 0. The normalized spacial score (nSPS) is 11.8. The summed E-state index contributed by atoms with van der Waals surface area (Å²) in [6, 6.07) is 145. The fourth-order valence-corrected chi connectivity index (χ4v) is 17.0. The summed E-state index contributed by atoms with van der Waals surface area (Å²) in [6.45, 7) is 17.5. The highest BCUT2D eigenvalue weighted by atomic mass is 15.0. The molecule has 0 N–H and O–H groups in total. The molecule has 3 heterocycles. The average molecular weight is 1470 g/mol. The number of hydrogen-bond donors (Lipinski definition) is 0. The van der Waals surface area contributed by atoms with E-state index in [0.29, 0.717) is 0 Å². The van der Waals surface area contributed by atoms with Crippen LogP contribution in [0.1, 0.15) is 58.4 Å². The highest BCUT2D eigenvalue weighted by molar-refractivity contribution is 6.25. The van der Waals surface area contributed by atoms with Gasteiger partial charge in [-0.2, -0.15) is 0 Å². The van der Waals surface area contributed by atoms with Gasteiger partial charge in [0, 0.05) is 54.8 Å². The number of hydrogen-bond acceptors (Lipinski definition) is 0. The van der Waals surface area contributed by atoms with Crippen LogP contribution in [0.3, 0.4) is 0 Å². The number of para-hydroxylation sites is 6. The van der Waals surface area contributed by atoms with Gasteiger partial charge < -0.3 is 13.7 Å². The molecule has 18 aromatic carbocycles. The third kappa shape index (κ3) is 14.5. The first-order valence-corrected chi connectivity index (χ1v) is 39.7. The Morgan fingerprint density at radius 2 is 0.491 bits per heavy atom. The molecule has 1 aliphatic carbocycles. The Bertz CT molecular complexity index is 6850. The van der Waals surface area contributed by atoms with Crippen molar-refractivity contribution in [2.24, 2.45) is 0 Å². The van der Waals surface area contributed by atoms with Crippen molar-refractivity contribution < 1.29 is 0 Å². The van der Waals surface area contributed by atoms with E-state index in [-0.39, 0.29) is 5.41 Å². The predicted molar refractivity (Wildman–Crippen MR) is 491 cm³/mol. The molecule has 0 bridgehead atoms. The highest BCUT2D eigenvalue weighted by Crippen LogP contribution is 2.49. The van der Waals surface area contributed by atoms with Crippen LogP contribution in [0.25, 0.3) is 148 Å². The Labute approximate surface area is 669 Å². The quantitative estimate of drug-likeness (QED) is 0.153. The fourth-order valence-electron chi connectivity index (χ4n) is 17.0. The molecule has 21 aromatic rings. The van der Waals surface area contributed by atoms with Crippen LogP contribution in [-0.2, 0) is 5.41 Å². The minimum Gasteiger partial charge on any atom is -0.309 e. The molecule has 0 spiro atoms. The second-order valence-corrected chi connectivity index (χ2v) is 30.8. The van der Waals surface area contributed by atoms with Crippen LogP contribution in [0.2, 0.25) is 0 Å².